The molecule has 1 N–H and O–H groups in total. The Morgan fingerprint density at radius 1 is 1.27 bits per heavy atom. The topological polar surface area (TPSA) is 104 Å². The smallest absolute Gasteiger partial charge is 0.323 e. The summed E-state index contributed by atoms with van der Waals surface area (Å²) in [5.74, 6) is 0.454. The van der Waals surface area contributed by atoms with E-state index in [1.165, 1.54) is 6.42 Å². The third-order valence-corrected chi connectivity index (χ3v) is 4.05. The van der Waals surface area contributed by atoms with Gasteiger partial charge < -0.3 is 14.8 Å². The number of carbonyl (C=O) groups is 1. The van der Waals surface area contributed by atoms with Gasteiger partial charge in [0.15, 0.2) is 0 Å². The van der Waals surface area contributed by atoms with Gasteiger partial charge in [0.1, 0.15) is 6.10 Å². The molecule has 1 saturated carbocycles. The Morgan fingerprint density at radius 2 is 2.12 bits per heavy atom. The van der Waals surface area contributed by atoms with E-state index in [1.54, 1.807) is 30.1 Å². The minimum absolute atomic E-state index is 0.129. The van der Waals surface area contributed by atoms with E-state index in [-0.39, 0.29) is 24.5 Å². The van der Waals surface area contributed by atoms with Crippen molar-refractivity contribution in [2.24, 2.45) is 0 Å². The number of esters is 1. The molecule has 2 heterocycles. The second kappa shape index (κ2) is 9.12. The third-order valence-electron chi connectivity index (χ3n) is 4.05. The molecule has 2 aromatic heterocycles. The van der Waals surface area contributed by atoms with Crippen molar-refractivity contribution in [2.45, 2.75) is 51.6 Å². The van der Waals surface area contributed by atoms with Crippen molar-refractivity contribution in [1.82, 2.24) is 24.7 Å². The number of nitrogens with zero attached hydrogens (tertiary/aromatic N) is 5. The molecule has 0 radical (unpaired) electrons. The van der Waals surface area contributed by atoms with Gasteiger partial charge >= 0.3 is 12.0 Å². The van der Waals surface area contributed by atoms with Crippen molar-refractivity contribution < 1.29 is 14.3 Å². The number of anilines is 1. The minimum atomic E-state index is -0.264. The molecule has 0 saturated heterocycles. The number of carbonyl (C=O) groups excluding carboxylic acids is 1. The lowest BCUT2D eigenvalue weighted by Gasteiger charge is -2.22. The van der Waals surface area contributed by atoms with Crippen LogP contribution in [0.3, 0.4) is 0 Å². The Balaban J connectivity index is 1.71. The van der Waals surface area contributed by atoms with Gasteiger partial charge in [-0.25, -0.2) is 4.68 Å². The lowest BCUT2D eigenvalue weighted by Crippen LogP contribution is -2.22. The van der Waals surface area contributed by atoms with Crippen LogP contribution < -0.4 is 10.1 Å². The number of hydrogen-bond acceptors (Lipinski definition) is 8. The first-order valence-corrected chi connectivity index (χ1v) is 9.07. The van der Waals surface area contributed by atoms with Gasteiger partial charge in [-0.15, -0.1) is 0 Å². The molecule has 0 bridgehead atoms. The van der Waals surface area contributed by atoms with E-state index in [2.05, 4.69) is 25.4 Å². The summed E-state index contributed by atoms with van der Waals surface area (Å²) in [5.41, 5.74) is 0. The monoisotopic (exact) mass is 360 g/mol. The predicted octanol–water partition coefficient (Wildman–Crippen LogP) is 2.13. The molecule has 0 spiro atoms. The highest BCUT2D eigenvalue weighted by Gasteiger charge is 2.18. The summed E-state index contributed by atoms with van der Waals surface area (Å²) >= 11 is 0. The number of nitrogens with one attached hydrogen (secondary N) is 1. The van der Waals surface area contributed by atoms with Crippen molar-refractivity contribution in [1.29, 1.82) is 0 Å². The molecule has 140 valence electrons. The second-order valence-electron chi connectivity index (χ2n) is 6.05. The Kier molecular flexibility index (Phi) is 6.34. The van der Waals surface area contributed by atoms with Gasteiger partial charge in [-0.05, 0) is 38.7 Å². The summed E-state index contributed by atoms with van der Waals surface area (Å²) < 4.78 is 12.4. The zero-order valence-electron chi connectivity index (χ0n) is 14.9. The van der Waals surface area contributed by atoms with E-state index in [0.29, 0.717) is 25.0 Å². The first kappa shape index (κ1) is 18.1. The van der Waals surface area contributed by atoms with Crippen molar-refractivity contribution in [2.75, 3.05) is 18.5 Å². The lowest BCUT2D eigenvalue weighted by atomic mass is 9.98. The quantitative estimate of drug-likeness (QED) is 0.714. The summed E-state index contributed by atoms with van der Waals surface area (Å²) in [6.45, 7) is 2.51. The summed E-state index contributed by atoms with van der Waals surface area (Å²) in [4.78, 5) is 24.5. The summed E-state index contributed by atoms with van der Waals surface area (Å²) in [7, 11) is 0. The maximum atomic E-state index is 11.5. The van der Waals surface area contributed by atoms with Crippen LogP contribution in [-0.2, 0) is 9.53 Å². The fourth-order valence-corrected chi connectivity index (χ4v) is 2.81. The first-order valence-electron chi connectivity index (χ1n) is 9.07. The van der Waals surface area contributed by atoms with Gasteiger partial charge in [-0.3, -0.25) is 4.79 Å². The van der Waals surface area contributed by atoms with Gasteiger partial charge in [-0.1, -0.05) is 6.42 Å². The SMILES string of the molecule is CCOC(=O)CCNc1nc(OC2CCCCC2)nc(-n2cccn2)n1. The predicted molar refractivity (Wildman–Crippen MR) is 94.2 cm³/mol. The largest absolute Gasteiger partial charge is 0.466 e. The molecule has 0 atom stereocenters. The number of aromatic nitrogens is 5. The molecule has 0 aliphatic heterocycles. The number of ether oxygens (including phenoxy) is 2. The molecule has 0 amide bonds. The van der Waals surface area contributed by atoms with E-state index in [9.17, 15) is 4.79 Å². The highest BCUT2D eigenvalue weighted by atomic mass is 16.5. The van der Waals surface area contributed by atoms with Crippen LogP contribution in [0.2, 0.25) is 0 Å². The van der Waals surface area contributed by atoms with Crippen LogP contribution in [0.4, 0.5) is 5.95 Å². The van der Waals surface area contributed by atoms with Crippen LogP contribution in [0.1, 0.15) is 45.4 Å². The standard InChI is InChI=1S/C17H24N6O3/c1-2-25-14(24)9-11-18-15-20-16(23-12-6-10-19-23)22-17(21-15)26-13-7-4-3-5-8-13/h6,10,12-13H,2-5,7-9,11H2,1H3,(H,18,20,21,22). The zero-order chi connectivity index (χ0) is 18.2. The van der Waals surface area contributed by atoms with Gasteiger partial charge in [0.2, 0.25) is 5.95 Å². The Labute approximate surface area is 152 Å². The van der Waals surface area contributed by atoms with Crippen LogP contribution in [0.25, 0.3) is 5.95 Å². The minimum Gasteiger partial charge on any atom is -0.466 e. The van der Waals surface area contributed by atoms with Crippen LogP contribution in [-0.4, -0.2) is 50.0 Å². The van der Waals surface area contributed by atoms with Crippen LogP contribution >= 0.6 is 0 Å². The Bertz CT molecular complexity index is 701. The molecule has 1 aliphatic carbocycles. The first-order chi connectivity index (χ1) is 12.7. The van der Waals surface area contributed by atoms with Crippen LogP contribution in [0.5, 0.6) is 6.01 Å². The number of rotatable bonds is 8. The van der Waals surface area contributed by atoms with Crippen LogP contribution in [0, 0.1) is 0 Å². The molecule has 9 nitrogen and oxygen atoms in total. The van der Waals surface area contributed by atoms with Gasteiger partial charge in [0, 0.05) is 18.9 Å². The summed E-state index contributed by atoms with van der Waals surface area (Å²) in [6, 6.07) is 2.07. The molecular formula is C17H24N6O3. The molecule has 2 aromatic rings. The van der Waals surface area contributed by atoms with E-state index in [1.807, 2.05) is 0 Å². The summed E-state index contributed by atoms with van der Waals surface area (Å²) in [5, 5.41) is 7.18. The summed E-state index contributed by atoms with van der Waals surface area (Å²) in [6.07, 6.45) is 9.35. The fraction of sp³-hybridized carbons (Fsp3) is 0.588. The normalized spacial score (nSPS) is 14.8. The molecule has 0 unspecified atom stereocenters. The molecule has 9 heteroatoms. The molecule has 3 rings (SSSR count). The molecule has 26 heavy (non-hydrogen) atoms. The second-order valence-corrected chi connectivity index (χ2v) is 6.05. The average molecular weight is 360 g/mol. The fourth-order valence-electron chi connectivity index (χ4n) is 2.81. The Morgan fingerprint density at radius 3 is 2.85 bits per heavy atom. The Hall–Kier alpha value is -2.71. The zero-order valence-corrected chi connectivity index (χ0v) is 14.9. The maximum absolute atomic E-state index is 11.5. The van der Waals surface area contributed by atoms with E-state index >= 15 is 0 Å². The van der Waals surface area contributed by atoms with Crippen molar-refractivity contribution in [3.63, 3.8) is 0 Å². The average Bonchev–Trinajstić information content (AvgIpc) is 3.17. The third kappa shape index (κ3) is 5.14. The van der Waals surface area contributed by atoms with Crippen molar-refractivity contribution >= 4 is 11.9 Å². The molecular weight excluding hydrogens is 336 g/mol. The van der Waals surface area contributed by atoms with Gasteiger partial charge in [-0.2, -0.15) is 20.1 Å². The van der Waals surface area contributed by atoms with Crippen LogP contribution in [0.15, 0.2) is 18.5 Å². The highest BCUT2D eigenvalue weighted by Crippen LogP contribution is 2.22. The molecule has 1 aliphatic rings. The van der Waals surface area contributed by atoms with Gasteiger partial charge in [0.05, 0.1) is 13.0 Å². The highest BCUT2D eigenvalue weighted by molar-refractivity contribution is 5.69. The molecule has 1 fully saturated rings. The van der Waals surface area contributed by atoms with Gasteiger partial charge in [0.25, 0.3) is 5.95 Å². The van der Waals surface area contributed by atoms with E-state index in [4.69, 9.17) is 9.47 Å². The van der Waals surface area contributed by atoms with Crippen molar-refractivity contribution in [3.8, 4) is 12.0 Å². The lowest BCUT2D eigenvalue weighted by molar-refractivity contribution is -0.142. The van der Waals surface area contributed by atoms with E-state index in [0.717, 1.165) is 25.7 Å². The van der Waals surface area contributed by atoms with Crippen molar-refractivity contribution in [3.05, 3.63) is 18.5 Å². The number of hydrogen-bond donors (Lipinski definition) is 1. The maximum Gasteiger partial charge on any atom is 0.323 e. The molecule has 0 aromatic carbocycles. The van der Waals surface area contributed by atoms with E-state index < -0.39 is 0 Å².